The first-order valence-electron chi connectivity index (χ1n) is 5.90. The number of carbonyl (C=O) groups is 1. The van der Waals surface area contributed by atoms with Crippen molar-refractivity contribution in [2.45, 2.75) is 25.3 Å². The number of thiophene rings is 1. The molecule has 2 heterocycles. The van der Waals surface area contributed by atoms with Crippen molar-refractivity contribution < 1.29 is 18.3 Å². The summed E-state index contributed by atoms with van der Waals surface area (Å²) in [5.74, 6) is -1.26. The maximum absolute atomic E-state index is 12.3. The van der Waals surface area contributed by atoms with Crippen molar-refractivity contribution in [3.63, 3.8) is 0 Å². The first-order chi connectivity index (χ1) is 9.81. The molecule has 2 rings (SSSR count). The average Bonchev–Trinajstić information content (AvgIpc) is 2.81. The third-order valence-electron chi connectivity index (χ3n) is 2.66. The highest BCUT2D eigenvalue weighted by Crippen LogP contribution is 2.26. The van der Waals surface area contributed by atoms with E-state index in [1.165, 1.54) is 17.8 Å². The van der Waals surface area contributed by atoms with Crippen molar-refractivity contribution in [3.05, 3.63) is 39.6 Å². The topological polar surface area (TPSA) is 109 Å². The van der Waals surface area contributed by atoms with Crippen LogP contribution in [-0.4, -0.2) is 29.5 Å². The van der Waals surface area contributed by atoms with Gasteiger partial charge in [0.2, 0.25) is 10.0 Å². The van der Waals surface area contributed by atoms with Gasteiger partial charge in [-0.25, -0.2) is 17.9 Å². The van der Waals surface area contributed by atoms with E-state index in [4.69, 9.17) is 5.11 Å². The Labute approximate surface area is 125 Å². The largest absolute Gasteiger partial charge is 0.477 e. The second kappa shape index (κ2) is 5.88. The standard InChI is InChI=1S/C12H13N3O4S2/c1-7-6-20-10(12(16)17)11(7)21(18,19)15-5-9-4-13-8(2)3-14-9/h3-4,6,15H,5H2,1-2H3,(H,16,17). The van der Waals surface area contributed by atoms with Gasteiger partial charge in [0.05, 0.1) is 24.1 Å². The molecule has 0 fully saturated rings. The molecule has 7 nitrogen and oxygen atoms in total. The number of aryl methyl sites for hydroxylation is 2. The Hall–Kier alpha value is -1.84. The van der Waals surface area contributed by atoms with Gasteiger partial charge in [-0.1, -0.05) is 0 Å². The van der Waals surface area contributed by atoms with Gasteiger partial charge in [-0.2, -0.15) is 0 Å². The molecule has 0 spiro atoms. The number of nitrogens with one attached hydrogen (secondary N) is 1. The SMILES string of the molecule is Cc1cnc(CNS(=O)(=O)c2c(C)csc2C(=O)O)cn1. The monoisotopic (exact) mass is 327 g/mol. The van der Waals surface area contributed by atoms with Crippen LogP contribution >= 0.6 is 11.3 Å². The third kappa shape index (κ3) is 3.43. The predicted molar refractivity (Wildman–Crippen MR) is 76.8 cm³/mol. The summed E-state index contributed by atoms with van der Waals surface area (Å²) in [4.78, 5) is 18.8. The van der Waals surface area contributed by atoms with E-state index in [0.29, 0.717) is 11.3 Å². The zero-order chi connectivity index (χ0) is 15.6. The van der Waals surface area contributed by atoms with Crippen molar-refractivity contribution in [1.29, 1.82) is 0 Å². The minimum atomic E-state index is -3.92. The summed E-state index contributed by atoms with van der Waals surface area (Å²) in [6, 6.07) is 0. The molecule has 9 heteroatoms. The normalized spacial score (nSPS) is 11.5. The number of carboxylic acid groups (broad SMARTS) is 1. The fourth-order valence-electron chi connectivity index (χ4n) is 1.67. The molecular weight excluding hydrogens is 314 g/mol. The van der Waals surface area contributed by atoms with Crippen LogP contribution < -0.4 is 4.72 Å². The Morgan fingerprint density at radius 1 is 1.33 bits per heavy atom. The minimum absolute atomic E-state index is 0.0516. The molecule has 2 aromatic rings. The molecule has 21 heavy (non-hydrogen) atoms. The Balaban J connectivity index is 2.25. The van der Waals surface area contributed by atoms with E-state index in [-0.39, 0.29) is 16.3 Å². The van der Waals surface area contributed by atoms with Crippen LogP contribution in [0.4, 0.5) is 0 Å². The van der Waals surface area contributed by atoms with E-state index >= 15 is 0 Å². The fourth-order valence-corrected chi connectivity index (χ4v) is 4.29. The molecule has 0 saturated carbocycles. The zero-order valence-corrected chi connectivity index (χ0v) is 13.0. The molecule has 0 aliphatic heterocycles. The van der Waals surface area contributed by atoms with Gasteiger partial charge in [-0.05, 0) is 24.8 Å². The summed E-state index contributed by atoms with van der Waals surface area (Å²) in [7, 11) is -3.92. The maximum Gasteiger partial charge on any atom is 0.347 e. The average molecular weight is 327 g/mol. The van der Waals surface area contributed by atoms with Gasteiger partial charge in [0.25, 0.3) is 0 Å². The molecule has 0 saturated heterocycles. The minimum Gasteiger partial charge on any atom is -0.477 e. The highest BCUT2D eigenvalue weighted by Gasteiger charge is 2.26. The number of aromatic carboxylic acids is 1. The smallest absolute Gasteiger partial charge is 0.347 e. The number of nitrogens with zero attached hydrogens (tertiary/aromatic N) is 2. The number of carboxylic acids is 1. The van der Waals surface area contributed by atoms with Gasteiger partial charge >= 0.3 is 5.97 Å². The van der Waals surface area contributed by atoms with Gasteiger partial charge in [-0.3, -0.25) is 9.97 Å². The van der Waals surface area contributed by atoms with Crippen molar-refractivity contribution >= 4 is 27.3 Å². The molecule has 0 aliphatic rings. The first kappa shape index (κ1) is 15.5. The van der Waals surface area contributed by atoms with E-state index in [9.17, 15) is 13.2 Å². The van der Waals surface area contributed by atoms with Crippen molar-refractivity contribution in [2.75, 3.05) is 0 Å². The molecule has 0 radical (unpaired) electrons. The number of sulfonamides is 1. The van der Waals surface area contributed by atoms with Crippen LogP contribution in [-0.2, 0) is 16.6 Å². The highest BCUT2D eigenvalue weighted by molar-refractivity contribution is 7.89. The van der Waals surface area contributed by atoms with E-state index in [1.807, 2.05) is 0 Å². The molecule has 112 valence electrons. The van der Waals surface area contributed by atoms with Crippen LogP contribution in [0.25, 0.3) is 0 Å². The summed E-state index contributed by atoms with van der Waals surface area (Å²) in [6.45, 7) is 3.28. The second-order valence-electron chi connectivity index (χ2n) is 4.36. The van der Waals surface area contributed by atoms with Gasteiger partial charge in [0.1, 0.15) is 9.77 Å². The quantitative estimate of drug-likeness (QED) is 0.857. The van der Waals surface area contributed by atoms with E-state index in [0.717, 1.165) is 17.0 Å². The summed E-state index contributed by atoms with van der Waals surface area (Å²) in [5.41, 5.74) is 1.58. The van der Waals surface area contributed by atoms with Crippen LogP contribution in [0.3, 0.4) is 0 Å². The lowest BCUT2D eigenvalue weighted by atomic mass is 10.3. The summed E-state index contributed by atoms with van der Waals surface area (Å²) in [5, 5.41) is 10.6. The fraction of sp³-hybridized carbons (Fsp3) is 0.250. The highest BCUT2D eigenvalue weighted by atomic mass is 32.2. The molecular formula is C12H13N3O4S2. The lowest BCUT2D eigenvalue weighted by Crippen LogP contribution is -2.25. The van der Waals surface area contributed by atoms with Crippen LogP contribution in [0.2, 0.25) is 0 Å². The molecule has 0 aromatic carbocycles. The van der Waals surface area contributed by atoms with Crippen LogP contribution in [0.15, 0.2) is 22.7 Å². The molecule has 2 N–H and O–H groups in total. The van der Waals surface area contributed by atoms with Crippen molar-refractivity contribution in [3.8, 4) is 0 Å². The van der Waals surface area contributed by atoms with Gasteiger partial charge in [0, 0.05) is 6.20 Å². The molecule has 2 aromatic heterocycles. The predicted octanol–water partition coefficient (Wildman–Crippen LogP) is 1.33. The molecule has 0 bridgehead atoms. The molecule has 0 amide bonds. The van der Waals surface area contributed by atoms with Crippen LogP contribution in [0.1, 0.15) is 26.6 Å². The second-order valence-corrected chi connectivity index (χ2v) is 6.94. The Kier molecular flexibility index (Phi) is 4.35. The lowest BCUT2D eigenvalue weighted by Gasteiger charge is -2.07. The molecule has 0 atom stereocenters. The summed E-state index contributed by atoms with van der Waals surface area (Å²) >= 11 is 0.888. The van der Waals surface area contributed by atoms with Crippen molar-refractivity contribution in [1.82, 2.24) is 14.7 Å². The summed E-state index contributed by atoms with van der Waals surface area (Å²) < 4.78 is 26.9. The van der Waals surface area contributed by atoms with Gasteiger partial charge in [0.15, 0.2) is 0 Å². The van der Waals surface area contributed by atoms with Gasteiger partial charge in [-0.15, -0.1) is 11.3 Å². The lowest BCUT2D eigenvalue weighted by molar-refractivity contribution is 0.0698. The van der Waals surface area contributed by atoms with Crippen LogP contribution in [0, 0.1) is 13.8 Å². The zero-order valence-electron chi connectivity index (χ0n) is 11.3. The van der Waals surface area contributed by atoms with E-state index in [2.05, 4.69) is 14.7 Å². The van der Waals surface area contributed by atoms with Gasteiger partial charge < -0.3 is 5.11 Å². The number of hydrogen-bond donors (Lipinski definition) is 2. The molecule has 0 unspecified atom stereocenters. The number of aromatic nitrogens is 2. The van der Waals surface area contributed by atoms with Crippen molar-refractivity contribution in [2.24, 2.45) is 0 Å². The van der Waals surface area contributed by atoms with E-state index < -0.39 is 16.0 Å². The number of rotatable bonds is 5. The van der Waals surface area contributed by atoms with Crippen LogP contribution in [0.5, 0.6) is 0 Å². The molecule has 0 aliphatic carbocycles. The Morgan fingerprint density at radius 2 is 2.05 bits per heavy atom. The van der Waals surface area contributed by atoms with E-state index in [1.54, 1.807) is 13.8 Å². The summed E-state index contributed by atoms with van der Waals surface area (Å²) in [6.07, 6.45) is 3.00. The number of hydrogen-bond acceptors (Lipinski definition) is 6. The Morgan fingerprint density at radius 3 is 2.62 bits per heavy atom. The Bertz CT molecular complexity index is 766. The maximum atomic E-state index is 12.3. The third-order valence-corrected chi connectivity index (χ3v) is 5.46. The first-order valence-corrected chi connectivity index (χ1v) is 8.26.